The molecule has 1 N–H and O–H groups in total. The van der Waals surface area contributed by atoms with Crippen LogP contribution in [-0.4, -0.2) is 20.7 Å². The highest BCUT2D eigenvalue weighted by Crippen LogP contribution is 2.26. The van der Waals surface area contributed by atoms with E-state index in [9.17, 15) is 8.42 Å². The molecule has 3 aromatic rings. The standard InChI is InChI=1S/C25H25ClN2O2S/c1-25(2,3)19-6-11-22(12-7-19)31(29,30)28-21-9-4-17(5-10-21)24-23-13-8-20(26)16-18(23)14-15-27-24/h4-13,16,28H,14-15H2,1-3H3. The molecule has 3 aromatic carbocycles. The number of benzene rings is 3. The molecule has 0 spiro atoms. The highest BCUT2D eigenvalue weighted by Gasteiger charge is 2.19. The maximum atomic E-state index is 12.8. The minimum atomic E-state index is -3.66. The van der Waals surface area contributed by atoms with E-state index in [0.29, 0.717) is 12.2 Å². The summed E-state index contributed by atoms with van der Waals surface area (Å²) in [6, 6.07) is 20.2. The van der Waals surface area contributed by atoms with Gasteiger partial charge in [0.1, 0.15) is 0 Å². The summed E-state index contributed by atoms with van der Waals surface area (Å²) in [7, 11) is -3.66. The molecular weight excluding hydrogens is 428 g/mol. The van der Waals surface area contributed by atoms with E-state index in [1.807, 2.05) is 42.5 Å². The molecule has 0 saturated carbocycles. The van der Waals surface area contributed by atoms with Crippen molar-refractivity contribution in [2.75, 3.05) is 11.3 Å². The van der Waals surface area contributed by atoms with Gasteiger partial charge in [-0.3, -0.25) is 9.71 Å². The second-order valence-electron chi connectivity index (χ2n) is 8.74. The number of nitrogens with zero attached hydrogens (tertiary/aromatic N) is 1. The number of hydrogen-bond donors (Lipinski definition) is 1. The second-order valence-corrected chi connectivity index (χ2v) is 10.9. The summed E-state index contributed by atoms with van der Waals surface area (Å²) in [6.07, 6.45) is 0.866. The zero-order valence-corrected chi connectivity index (χ0v) is 19.4. The third-order valence-electron chi connectivity index (χ3n) is 5.41. The van der Waals surface area contributed by atoms with Crippen molar-refractivity contribution in [1.82, 2.24) is 0 Å². The van der Waals surface area contributed by atoms with Gasteiger partial charge in [0.05, 0.1) is 10.6 Å². The quantitative estimate of drug-likeness (QED) is 0.541. The molecule has 0 fully saturated rings. The number of rotatable bonds is 4. The fourth-order valence-electron chi connectivity index (χ4n) is 3.66. The molecule has 0 aromatic heterocycles. The first kappa shape index (κ1) is 21.6. The molecule has 1 heterocycles. The minimum Gasteiger partial charge on any atom is -0.284 e. The Morgan fingerprint density at radius 1 is 0.935 bits per heavy atom. The fourth-order valence-corrected chi connectivity index (χ4v) is 4.92. The van der Waals surface area contributed by atoms with Gasteiger partial charge in [0.2, 0.25) is 0 Å². The van der Waals surface area contributed by atoms with Crippen LogP contribution in [0.15, 0.2) is 76.6 Å². The molecule has 160 valence electrons. The number of fused-ring (bicyclic) bond motifs is 1. The molecule has 0 radical (unpaired) electrons. The number of halogens is 1. The van der Waals surface area contributed by atoms with Crippen molar-refractivity contribution in [3.63, 3.8) is 0 Å². The van der Waals surface area contributed by atoms with Gasteiger partial charge in [-0.15, -0.1) is 0 Å². The highest BCUT2D eigenvalue weighted by atomic mass is 35.5. The fraction of sp³-hybridized carbons (Fsp3) is 0.240. The average molecular weight is 453 g/mol. The van der Waals surface area contributed by atoms with E-state index in [4.69, 9.17) is 11.6 Å². The Labute approximate surface area is 189 Å². The Morgan fingerprint density at radius 3 is 2.26 bits per heavy atom. The normalized spacial score (nSPS) is 14.0. The topological polar surface area (TPSA) is 58.5 Å². The van der Waals surface area contributed by atoms with Crippen LogP contribution < -0.4 is 4.72 Å². The molecule has 4 nitrogen and oxygen atoms in total. The number of sulfonamides is 1. The largest absolute Gasteiger partial charge is 0.284 e. The first-order chi connectivity index (χ1) is 14.6. The molecular formula is C25H25ClN2O2S. The SMILES string of the molecule is CC(C)(C)c1ccc(S(=O)(=O)Nc2ccc(C3=NCCc4cc(Cl)ccc43)cc2)cc1. The summed E-state index contributed by atoms with van der Waals surface area (Å²) in [6.45, 7) is 7.00. The molecule has 0 saturated heterocycles. The molecule has 0 aliphatic carbocycles. The van der Waals surface area contributed by atoms with Crippen LogP contribution in [0.1, 0.15) is 43.0 Å². The number of nitrogens with one attached hydrogen (secondary N) is 1. The van der Waals surface area contributed by atoms with Crippen molar-refractivity contribution in [3.8, 4) is 0 Å². The predicted octanol–water partition coefficient (Wildman–Crippen LogP) is 5.83. The molecule has 0 atom stereocenters. The van der Waals surface area contributed by atoms with Gasteiger partial charge in [-0.05, 0) is 59.4 Å². The van der Waals surface area contributed by atoms with E-state index >= 15 is 0 Å². The zero-order chi connectivity index (χ0) is 22.2. The summed E-state index contributed by atoms with van der Waals surface area (Å²) in [5, 5.41) is 0.722. The maximum Gasteiger partial charge on any atom is 0.261 e. The van der Waals surface area contributed by atoms with E-state index < -0.39 is 10.0 Å². The van der Waals surface area contributed by atoms with Crippen molar-refractivity contribution in [2.45, 2.75) is 37.5 Å². The first-order valence-electron chi connectivity index (χ1n) is 10.2. The van der Waals surface area contributed by atoms with Crippen LogP contribution in [0.25, 0.3) is 0 Å². The Morgan fingerprint density at radius 2 is 1.61 bits per heavy atom. The van der Waals surface area contributed by atoms with Crippen molar-refractivity contribution >= 4 is 33.0 Å². The van der Waals surface area contributed by atoms with Crippen molar-refractivity contribution < 1.29 is 8.42 Å². The summed E-state index contributed by atoms with van der Waals surface area (Å²) < 4.78 is 28.3. The van der Waals surface area contributed by atoms with Crippen LogP contribution >= 0.6 is 11.6 Å². The van der Waals surface area contributed by atoms with Crippen molar-refractivity contribution in [3.05, 3.63) is 94.0 Å². The van der Waals surface area contributed by atoms with Crippen LogP contribution in [-0.2, 0) is 21.9 Å². The minimum absolute atomic E-state index is 0.0304. The van der Waals surface area contributed by atoms with E-state index in [0.717, 1.165) is 33.8 Å². The molecule has 6 heteroatoms. The molecule has 0 bridgehead atoms. The van der Waals surface area contributed by atoms with Crippen LogP contribution in [0.5, 0.6) is 0 Å². The Bertz CT molecular complexity index is 1240. The lowest BCUT2D eigenvalue weighted by Crippen LogP contribution is -2.16. The third-order valence-corrected chi connectivity index (χ3v) is 7.05. The predicted molar refractivity (Wildman–Crippen MR) is 128 cm³/mol. The van der Waals surface area contributed by atoms with Crippen LogP contribution in [0.3, 0.4) is 0 Å². The number of aliphatic imine (C=N–C) groups is 1. The van der Waals surface area contributed by atoms with E-state index in [-0.39, 0.29) is 10.3 Å². The molecule has 1 aliphatic rings. The van der Waals surface area contributed by atoms with Gasteiger partial charge in [0.15, 0.2) is 0 Å². The Kier molecular flexibility index (Phi) is 5.67. The van der Waals surface area contributed by atoms with Crippen LogP contribution in [0.4, 0.5) is 5.69 Å². The van der Waals surface area contributed by atoms with Gasteiger partial charge in [0, 0.05) is 28.4 Å². The lowest BCUT2D eigenvalue weighted by Gasteiger charge is -2.19. The summed E-state index contributed by atoms with van der Waals surface area (Å²) in [5.74, 6) is 0. The smallest absolute Gasteiger partial charge is 0.261 e. The van der Waals surface area contributed by atoms with Crippen molar-refractivity contribution in [1.29, 1.82) is 0 Å². The van der Waals surface area contributed by atoms with E-state index in [2.05, 4.69) is 30.5 Å². The van der Waals surface area contributed by atoms with Crippen LogP contribution in [0, 0.1) is 0 Å². The molecule has 4 rings (SSSR count). The number of hydrogen-bond acceptors (Lipinski definition) is 3. The lowest BCUT2D eigenvalue weighted by atomic mass is 9.87. The van der Waals surface area contributed by atoms with Gasteiger partial charge >= 0.3 is 0 Å². The molecule has 0 unspecified atom stereocenters. The highest BCUT2D eigenvalue weighted by molar-refractivity contribution is 7.92. The van der Waals surface area contributed by atoms with Gasteiger partial charge in [-0.1, -0.05) is 62.7 Å². The van der Waals surface area contributed by atoms with Gasteiger partial charge in [-0.2, -0.15) is 0 Å². The zero-order valence-electron chi connectivity index (χ0n) is 17.8. The lowest BCUT2D eigenvalue weighted by molar-refractivity contribution is 0.587. The Hall–Kier alpha value is -2.63. The second kappa shape index (κ2) is 8.13. The van der Waals surface area contributed by atoms with Gasteiger partial charge in [0.25, 0.3) is 10.0 Å². The van der Waals surface area contributed by atoms with Crippen molar-refractivity contribution in [2.24, 2.45) is 4.99 Å². The van der Waals surface area contributed by atoms with Gasteiger partial charge in [-0.25, -0.2) is 8.42 Å². The maximum absolute atomic E-state index is 12.8. The average Bonchev–Trinajstić information content (AvgIpc) is 2.73. The summed E-state index contributed by atoms with van der Waals surface area (Å²) >= 11 is 6.13. The van der Waals surface area contributed by atoms with E-state index in [1.54, 1.807) is 24.3 Å². The molecule has 0 amide bonds. The summed E-state index contributed by atoms with van der Waals surface area (Å²) in [4.78, 5) is 4.93. The molecule has 1 aliphatic heterocycles. The van der Waals surface area contributed by atoms with Gasteiger partial charge < -0.3 is 0 Å². The van der Waals surface area contributed by atoms with Crippen LogP contribution in [0.2, 0.25) is 5.02 Å². The number of anilines is 1. The first-order valence-corrected chi connectivity index (χ1v) is 12.1. The Balaban J connectivity index is 1.55. The molecule has 31 heavy (non-hydrogen) atoms. The summed E-state index contributed by atoms with van der Waals surface area (Å²) in [5.41, 5.74) is 5.67. The van der Waals surface area contributed by atoms with E-state index in [1.165, 1.54) is 5.56 Å². The monoisotopic (exact) mass is 452 g/mol. The third kappa shape index (κ3) is 4.68.